The summed E-state index contributed by atoms with van der Waals surface area (Å²) in [4.78, 5) is 0. The number of unbranched alkanes of at least 4 members (excludes halogenated alkanes) is 7. The van der Waals surface area contributed by atoms with Crippen LogP contribution in [-0.2, 0) is 0 Å². The average molecular weight is 267 g/mol. The summed E-state index contributed by atoms with van der Waals surface area (Å²) >= 11 is 0. The van der Waals surface area contributed by atoms with E-state index in [0.29, 0.717) is 0 Å². The van der Waals surface area contributed by atoms with Crippen LogP contribution in [-0.4, -0.2) is 0 Å². The van der Waals surface area contributed by atoms with Crippen LogP contribution in [0.2, 0.25) is 0 Å². The molecule has 1 rings (SSSR count). The molecule has 1 aliphatic carbocycles. The largest absolute Gasteiger partial charge is 0.0654 e. The average Bonchev–Trinajstić information content (AvgIpc) is 2.43. The molecule has 1 aliphatic rings. The first-order valence-electron chi connectivity index (χ1n) is 9.33. The Labute approximate surface area is 122 Å². The van der Waals surface area contributed by atoms with Crippen molar-refractivity contribution >= 4 is 0 Å². The third kappa shape index (κ3) is 9.52. The van der Waals surface area contributed by atoms with Crippen LogP contribution >= 0.6 is 0 Å². The van der Waals surface area contributed by atoms with E-state index < -0.39 is 0 Å². The van der Waals surface area contributed by atoms with Crippen molar-refractivity contribution in [3.05, 3.63) is 0 Å². The van der Waals surface area contributed by atoms with E-state index in [9.17, 15) is 0 Å². The summed E-state index contributed by atoms with van der Waals surface area (Å²) in [5.74, 6) is 2.07. The van der Waals surface area contributed by atoms with Gasteiger partial charge in [-0.3, -0.25) is 0 Å². The van der Waals surface area contributed by atoms with Gasteiger partial charge < -0.3 is 0 Å². The van der Waals surface area contributed by atoms with Crippen molar-refractivity contribution in [2.45, 2.75) is 110 Å². The zero-order chi connectivity index (χ0) is 13.8. The molecule has 0 aromatic carbocycles. The summed E-state index contributed by atoms with van der Waals surface area (Å²) in [5, 5.41) is 0. The van der Waals surface area contributed by atoms with Crippen LogP contribution in [0.1, 0.15) is 110 Å². The van der Waals surface area contributed by atoms with Crippen molar-refractivity contribution in [2.24, 2.45) is 11.8 Å². The molecule has 0 radical (unpaired) electrons. The molecular formula is C19H38. The van der Waals surface area contributed by atoms with E-state index in [4.69, 9.17) is 0 Å². The van der Waals surface area contributed by atoms with E-state index in [-0.39, 0.29) is 0 Å². The lowest BCUT2D eigenvalue weighted by Crippen LogP contribution is -2.10. The molecule has 1 atom stereocenters. The van der Waals surface area contributed by atoms with Gasteiger partial charge in [-0.15, -0.1) is 0 Å². The normalized spacial score (nSPS) is 18.6. The van der Waals surface area contributed by atoms with E-state index >= 15 is 0 Å². The van der Waals surface area contributed by atoms with E-state index in [0.717, 1.165) is 11.8 Å². The van der Waals surface area contributed by atoms with Gasteiger partial charge in [-0.05, 0) is 18.3 Å². The van der Waals surface area contributed by atoms with Gasteiger partial charge in [0.05, 0.1) is 0 Å². The van der Waals surface area contributed by atoms with Crippen LogP contribution in [0.4, 0.5) is 0 Å². The first-order valence-corrected chi connectivity index (χ1v) is 9.33. The lowest BCUT2D eigenvalue weighted by Gasteiger charge is -2.24. The lowest BCUT2D eigenvalue weighted by atomic mass is 9.82. The summed E-state index contributed by atoms with van der Waals surface area (Å²) in [7, 11) is 0. The topological polar surface area (TPSA) is 0 Å². The molecule has 0 heterocycles. The highest BCUT2D eigenvalue weighted by Crippen LogP contribution is 2.30. The maximum absolute atomic E-state index is 2.50. The van der Waals surface area contributed by atoms with Gasteiger partial charge in [0.15, 0.2) is 0 Å². The maximum atomic E-state index is 2.50. The molecule has 0 aliphatic heterocycles. The maximum Gasteiger partial charge on any atom is -0.0412 e. The van der Waals surface area contributed by atoms with Crippen molar-refractivity contribution in [1.82, 2.24) is 0 Å². The molecule has 0 saturated heterocycles. The van der Waals surface area contributed by atoms with Gasteiger partial charge in [0.1, 0.15) is 0 Å². The fourth-order valence-electron chi connectivity index (χ4n) is 3.74. The van der Waals surface area contributed by atoms with Crippen molar-refractivity contribution in [1.29, 1.82) is 0 Å². The molecule has 19 heavy (non-hydrogen) atoms. The van der Waals surface area contributed by atoms with Gasteiger partial charge in [0.2, 0.25) is 0 Å². The van der Waals surface area contributed by atoms with Crippen LogP contribution in [0.5, 0.6) is 0 Å². The van der Waals surface area contributed by atoms with Crippen LogP contribution in [0.25, 0.3) is 0 Å². The molecule has 0 nitrogen and oxygen atoms in total. The van der Waals surface area contributed by atoms with Gasteiger partial charge in [-0.1, -0.05) is 104 Å². The zero-order valence-electron chi connectivity index (χ0n) is 13.8. The zero-order valence-corrected chi connectivity index (χ0v) is 13.8. The first-order chi connectivity index (χ1) is 9.33. The highest BCUT2D eigenvalue weighted by molar-refractivity contribution is 4.68. The Morgan fingerprint density at radius 3 is 2.00 bits per heavy atom. The van der Waals surface area contributed by atoms with Gasteiger partial charge in [-0.2, -0.15) is 0 Å². The second kappa shape index (κ2) is 11.8. The second-order valence-corrected chi connectivity index (χ2v) is 7.11. The van der Waals surface area contributed by atoms with E-state index in [1.165, 1.54) is 96.3 Å². The molecule has 114 valence electrons. The molecule has 0 bridgehead atoms. The Kier molecular flexibility index (Phi) is 10.6. The third-order valence-electron chi connectivity index (χ3n) is 5.01. The number of hydrogen-bond donors (Lipinski definition) is 0. The molecule has 0 heteroatoms. The highest BCUT2D eigenvalue weighted by Gasteiger charge is 2.15. The highest BCUT2D eigenvalue weighted by atomic mass is 14.2. The summed E-state index contributed by atoms with van der Waals surface area (Å²) in [6.07, 6.45) is 22.3. The van der Waals surface area contributed by atoms with Gasteiger partial charge in [0.25, 0.3) is 0 Å². The fraction of sp³-hybridized carbons (Fsp3) is 1.00. The van der Waals surface area contributed by atoms with E-state index in [1.807, 2.05) is 0 Å². The summed E-state index contributed by atoms with van der Waals surface area (Å²) in [6, 6.07) is 0. The second-order valence-electron chi connectivity index (χ2n) is 7.11. The number of hydrogen-bond acceptors (Lipinski definition) is 0. The predicted molar refractivity (Wildman–Crippen MR) is 87.6 cm³/mol. The van der Waals surface area contributed by atoms with Crippen LogP contribution in [0.3, 0.4) is 0 Å². The van der Waals surface area contributed by atoms with Crippen molar-refractivity contribution in [3.8, 4) is 0 Å². The Bertz CT molecular complexity index is 178. The molecule has 1 saturated carbocycles. The minimum absolute atomic E-state index is 0.989. The first kappa shape index (κ1) is 17.1. The molecule has 0 spiro atoms. The van der Waals surface area contributed by atoms with Crippen molar-refractivity contribution < 1.29 is 0 Å². The summed E-state index contributed by atoms with van der Waals surface area (Å²) < 4.78 is 0. The van der Waals surface area contributed by atoms with E-state index in [1.54, 1.807) is 0 Å². The summed E-state index contributed by atoms with van der Waals surface area (Å²) in [5.41, 5.74) is 0. The Morgan fingerprint density at radius 1 is 0.789 bits per heavy atom. The molecule has 1 unspecified atom stereocenters. The van der Waals surface area contributed by atoms with Gasteiger partial charge in [0, 0.05) is 0 Å². The molecular weight excluding hydrogens is 228 g/mol. The standard InChI is InChI=1S/C19H38/c1-3-4-5-6-7-8-9-11-14-18(2)17-19-15-12-10-13-16-19/h18-19H,3-17H2,1-2H3. The summed E-state index contributed by atoms with van der Waals surface area (Å²) in [6.45, 7) is 4.80. The van der Waals surface area contributed by atoms with E-state index in [2.05, 4.69) is 13.8 Å². The molecule has 0 aromatic heterocycles. The number of rotatable bonds is 11. The van der Waals surface area contributed by atoms with Crippen LogP contribution < -0.4 is 0 Å². The smallest absolute Gasteiger partial charge is 0.0412 e. The minimum Gasteiger partial charge on any atom is -0.0654 e. The Balaban J connectivity index is 1.85. The van der Waals surface area contributed by atoms with Crippen LogP contribution in [0, 0.1) is 11.8 Å². The Hall–Kier alpha value is 0. The fourth-order valence-corrected chi connectivity index (χ4v) is 3.74. The lowest BCUT2D eigenvalue weighted by molar-refractivity contribution is 0.285. The van der Waals surface area contributed by atoms with Gasteiger partial charge >= 0.3 is 0 Å². The van der Waals surface area contributed by atoms with Crippen LogP contribution in [0.15, 0.2) is 0 Å². The quantitative estimate of drug-likeness (QED) is 0.349. The van der Waals surface area contributed by atoms with Gasteiger partial charge in [-0.25, -0.2) is 0 Å². The van der Waals surface area contributed by atoms with Crippen molar-refractivity contribution in [2.75, 3.05) is 0 Å². The minimum atomic E-state index is 0.989. The molecule has 0 aromatic rings. The Morgan fingerprint density at radius 2 is 1.37 bits per heavy atom. The van der Waals surface area contributed by atoms with Crippen molar-refractivity contribution in [3.63, 3.8) is 0 Å². The predicted octanol–water partition coefficient (Wildman–Crippen LogP) is 7.12. The molecule has 1 fully saturated rings. The third-order valence-corrected chi connectivity index (χ3v) is 5.01. The molecule has 0 amide bonds. The SMILES string of the molecule is CCCCCCCCCCC(C)CC1CCCCC1. The molecule has 0 N–H and O–H groups in total. The monoisotopic (exact) mass is 266 g/mol.